The fourth-order valence-corrected chi connectivity index (χ4v) is 15.7. The van der Waals surface area contributed by atoms with Crippen LogP contribution in [0.25, 0.3) is 0 Å². The van der Waals surface area contributed by atoms with Gasteiger partial charge in [0.1, 0.15) is 17.2 Å². The van der Waals surface area contributed by atoms with Crippen molar-refractivity contribution in [2.75, 3.05) is 64.0 Å². The molecule has 3 aromatic carbocycles. The summed E-state index contributed by atoms with van der Waals surface area (Å²) in [5, 5.41) is 2.44. The standard InChI is InChI=1S/C42H58O9Si/c1-20-21(2)29(10)39(28(20)9)52(40-33(46-14)25(6)22(3)30(43-11)36(40)49-17,41-34(47-15)26(7)23(4)31(44-12)37(41)50-18)42-35(48-16)27(8)24(5)32(45-13)38(42)51-19/h39H,1-19H3. The third kappa shape index (κ3) is 5.39. The first-order valence-corrected chi connectivity index (χ1v) is 19.5. The first-order chi connectivity index (χ1) is 24.6. The van der Waals surface area contributed by atoms with Gasteiger partial charge in [0.25, 0.3) is 0 Å². The fraction of sp³-hybridized carbons (Fsp3) is 0.476. The van der Waals surface area contributed by atoms with Crippen LogP contribution in [0.5, 0.6) is 51.7 Å². The van der Waals surface area contributed by atoms with Crippen LogP contribution in [0.2, 0.25) is 5.54 Å². The maximum atomic E-state index is 6.59. The summed E-state index contributed by atoms with van der Waals surface area (Å²) in [6.07, 6.45) is 0. The molecule has 0 saturated heterocycles. The van der Waals surface area contributed by atoms with Crippen LogP contribution in [0.4, 0.5) is 0 Å². The lowest BCUT2D eigenvalue weighted by Gasteiger charge is -2.45. The zero-order valence-corrected chi connectivity index (χ0v) is 35.8. The minimum absolute atomic E-state index is 0.272. The molecule has 0 atom stereocenters. The van der Waals surface area contributed by atoms with Crippen LogP contribution >= 0.6 is 0 Å². The minimum atomic E-state index is -4.01. The molecule has 0 unspecified atom stereocenters. The molecule has 3 aromatic rings. The van der Waals surface area contributed by atoms with E-state index in [9.17, 15) is 0 Å². The second-order valence-corrected chi connectivity index (χ2v) is 17.2. The lowest BCUT2D eigenvalue weighted by atomic mass is 10.1. The number of benzene rings is 3. The molecule has 1 aliphatic carbocycles. The third-order valence-electron chi connectivity index (χ3n) is 11.8. The Balaban J connectivity index is 2.78. The molecule has 0 radical (unpaired) electrons. The van der Waals surface area contributed by atoms with E-state index in [1.54, 1.807) is 64.0 Å². The van der Waals surface area contributed by atoms with Gasteiger partial charge in [-0.1, -0.05) is 11.1 Å². The molecule has 0 aromatic heterocycles. The average Bonchev–Trinajstić information content (AvgIpc) is 3.33. The highest BCUT2D eigenvalue weighted by molar-refractivity contribution is 7.15. The summed E-state index contributed by atoms with van der Waals surface area (Å²) >= 11 is 0. The van der Waals surface area contributed by atoms with E-state index in [1.807, 2.05) is 20.8 Å². The molecule has 0 amide bonds. The second-order valence-electron chi connectivity index (χ2n) is 13.5. The third-order valence-corrected chi connectivity index (χ3v) is 17.2. The van der Waals surface area contributed by atoms with Gasteiger partial charge < -0.3 is 42.6 Å². The summed E-state index contributed by atoms with van der Waals surface area (Å²) in [6.45, 7) is 21.0. The predicted octanol–water partition coefficient (Wildman–Crippen LogP) is 7.14. The quantitative estimate of drug-likeness (QED) is 0.135. The number of rotatable bonds is 13. The summed E-state index contributed by atoms with van der Waals surface area (Å²) in [5.41, 5.74) is 9.92. The Kier molecular flexibility index (Phi) is 11.8. The normalized spacial score (nSPS) is 13.4. The fourth-order valence-electron chi connectivity index (χ4n) is 8.71. The number of allylic oxidation sites excluding steroid dienone is 4. The van der Waals surface area contributed by atoms with Gasteiger partial charge in [0, 0.05) is 37.8 Å². The zero-order valence-electron chi connectivity index (χ0n) is 34.8. The maximum Gasteiger partial charge on any atom is 0.188 e. The van der Waals surface area contributed by atoms with Gasteiger partial charge in [0.2, 0.25) is 0 Å². The molecular weight excluding hydrogens is 677 g/mol. The van der Waals surface area contributed by atoms with E-state index >= 15 is 0 Å². The molecule has 284 valence electrons. The molecule has 1 aliphatic rings. The molecule has 0 heterocycles. The van der Waals surface area contributed by atoms with Gasteiger partial charge in [-0.2, -0.15) is 0 Å². The van der Waals surface area contributed by atoms with Crippen molar-refractivity contribution in [2.24, 2.45) is 0 Å². The Morgan fingerprint density at radius 1 is 0.288 bits per heavy atom. The van der Waals surface area contributed by atoms with Gasteiger partial charge >= 0.3 is 0 Å². The topological polar surface area (TPSA) is 83.1 Å². The van der Waals surface area contributed by atoms with Crippen molar-refractivity contribution < 1.29 is 42.6 Å². The molecule has 52 heavy (non-hydrogen) atoms. The molecule has 9 nitrogen and oxygen atoms in total. The van der Waals surface area contributed by atoms with E-state index in [0.29, 0.717) is 51.7 Å². The van der Waals surface area contributed by atoms with Crippen LogP contribution in [0, 0.1) is 41.5 Å². The van der Waals surface area contributed by atoms with E-state index in [2.05, 4.69) is 48.5 Å². The molecule has 0 fully saturated rings. The molecular formula is C42H58O9Si. The van der Waals surface area contributed by atoms with E-state index < -0.39 is 8.07 Å². The smallest absolute Gasteiger partial charge is 0.188 e. The average molecular weight is 735 g/mol. The van der Waals surface area contributed by atoms with Gasteiger partial charge in [0.15, 0.2) is 42.6 Å². The molecule has 0 N–H and O–H groups in total. The molecule has 0 spiro atoms. The van der Waals surface area contributed by atoms with E-state index in [-0.39, 0.29) is 5.54 Å². The first-order valence-electron chi connectivity index (χ1n) is 17.4. The Morgan fingerprint density at radius 3 is 0.673 bits per heavy atom. The monoisotopic (exact) mass is 734 g/mol. The van der Waals surface area contributed by atoms with Gasteiger partial charge in [-0.3, -0.25) is 0 Å². The summed E-state index contributed by atoms with van der Waals surface area (Å²) in [5.74, 6) is 5.41. The predicted molar refractivity (Wildman–Crippen MR) is 212 cm³/mol. The lowest BCUT2D eigenvalue weighted by Crippen LogP contribution is -2.71. The highest BCUT2D eigenvalue weighted by Crippen LogP contribution is 2.55. The summed E-state index contributed by atoms with van der Waals surface area (Å²) in [7, 11) is 11.2. The van der Waals surface area contributed by atoms with Crippen LogP contribution < -0.4 is 58.2 Å². The highest BCUT2D eigenvalue weighted by atomic mass is 28.3. The van der Waals surface area contributed by atoms with E-state index in [1.165, 1.54) is 22.3 Å². The maximum absolute atomic E-state index is 6.59. The summed E-state index contributed by atoms with van der Waals surface area (Å²) < 4.78 is 58.2. The van der Waals surface area contributed by atoms with Crippen molar-refractivity contribution in [2.45, 2.75) is 74.8 Å². The largest absolute Gasteiger partial charge is 0.496 e. The van der Waals surface area contributed by atoms with E-state index in [4.69, 9.17) is 42.6 Å². The van der Waals surface area contributed by atoms with Crippen LogP contribution in [0.15, 0.2) is 22.3 Å². The van der Waals surface area contributed by atoms with Crippen molar-refractivity contribution in [1.29, 1.82) is 0 Å². The van der Waals surface area contributed by atoms with Gasteiger partial charge in [-0.05, 0) is 97.1 Å². The molecule has 0 saturated carbocycles. The lowest BCUT2D eigenvalue weighted by molar-refractivity contribution is 0.346. The first kappa shape index (κ1) is 40.3. The van der Waals surface area contributed by atoms with Crippen LogP contribution in [0.1, 0.15) is 61.1 Å². The molecule has 0 aliphatic heterocycles. The van der Waals surface area contributed by atoms with Gasteiger partial charge in [-0.15, -0.1) is 0 Å². The highest BCUT2D eigenvalue weighted by Gasteiger charge is 2.61. The molecule has 4 rings (SSSR count). The Morgan fingerprint density at radius 2 is 0.481 bits per heavy atom. The Labute approximate surface area is 311 Å². The van der Waals surface area contributed by atoms with Crippen molar-refractivity contribution >= 4 is 23.6 Å². The number of hydrogen-bond donors (Lipinski definition) is 0. The Bertz CT molecular complexity index is 1770. The van der Waals surface area contributed by atoms with Gasteiger partial charge in [-0.25, -0.2) is 0 Å². The number of hydrogen-bond acceptors (Lipinski definition) is 9. The van der Waals surface area contributed by atoms with Gasteiger partial charge in [0.05, 0.1) is 64.0 Å². The van der Waals surface area contributed by atoms with E-state index in [0.717, 1.165) is 48.9 Å². The number of ether oxygens (including phenoxy) is 9. The zero-order chi connectivity index (χ0) is 39.1. The number of methoxy groups -OCH3 is 9. The van der Waals surface area contributed by atoms with Crippen molar-refractivity contribution in [3.05, 3.63) is 55.7 Å². The SMILES string of the molecule is COc1c(C)c(C)c(OC)c([Si](c2c(OC)c(C)c(C)c(OC)c2OC)(c2c(OC)c(C)c(C)c(OC)c2OC)C2C(C)=C(C)C(C)=C2C)c1OC. The summed E-state index contributed by atoms with van der Waals surface area (Å²) in [4.78, 5) is 0. The molecule has 0 bridgehead atoms. The summed E-state index contributed by atoms with van der Waals surface area (Å²) in [6, 6.07) is 0. The second kappa shape index (κ2) is 15.3. The van der Waals surface area contributed by atoms with Crippen LogP contribution in [-0.4, -0.2) is 72.1 Å². The van der Waals surface area contributed by atoms with Crippen molar-refractivity contribution in [3.63, 3.8) is 0 Å². The minimum Gasteiger partial charge on any atom is -0.496 e. The van der Waals surface area contributed by atoms with Crippen LogP contribution in [-0.2, 0) is 0 Å². The Hall–Kier alpha value is -4.44. The van der Waals surface area contributed by atoms with Crippen LogP contribution in [0.3, 0.4) is 0 Å². The van der Waals surface area contributed by atoms with Crippen molar-refractivity contribution in [1.82, 2.24) is 0 Å². The van der Waals surface area contributed by atoms with Crippen molar-refractivity contribution in [3.8, 4) is 51.7 Å². The molecule has 10 heteroatoms.